The highest BCUT2D eigenvalue weighted by Gasteiger charge is 2.25. The van der Waals surface area contributed by atoms with Gasteiger partial charge in [-0.3, -0.25) is 9.69 Å². The Bertz CT molecular complexity index is 1100. The highest BCUT2D eigenvalue weighted by molar-refractivity contribution is 5.93. The number of piperazine rings is 1. The molecule has 0 radical (unpaired) electrons. The van der Waals surface area contributed by atoms with Crippen LogP contribution in [-0.4, -0.2) is 58.6 Å². The monoisotopic (exact) mass is 390 g/mol. The number of amides is 1. The number of H-pyrrole nitrogens is 1. The van der Waals surface area contributed by atoms with Gasteiger partial charge in [-0.1, -0.05) is 23.4 Å². The molecule has 4 heterocycles. The van der Waals surface area contributed by atoms with E-state index >= 15 is 0 Å². The van der Waals surface area contributed by atoms with Crippen molar-refractivity contribution in [2.75, 3.05) is 32.7 Å². The van der Waals surface area contributed by atoms with Crippen LogP contribution in [0.3, 0.4) is 0 Å². The second kappa shape index (κ2) is 7.60. The van der Waals surface area contributed by atoms with Gasteiger partial charge < -0.3 is 18.8 Å². The summed E-state index contributed by atoms with van der Waals surface area (Å²) in [5.74, 6) is 0.942. The number of nitrogens with one attached hydrogen (secondary N) is 1. The number of benzene rings is 1. The number of carbonyl (C=O) groups excluding carboxylic acids is 1. The smallest absolute Gasteiger partial charge is 0.276 e. The Hall–Kier alpha value is -3.32. The Morgan fingerprint density at radius 2 is 1.93 bits per heavy atom. The van der Waals surface area contributed by atoms with Crippen LogP contribution in [-0.2, 0) is 6.42 Å². The van der Waals surface area contributed by atoms with E-state index < -0.39 is 0 Å². The maximum absolute atomic E-state index is 12.7. The molecule has 1 fully saturated rings. The van der Waals surface area contributed by atoms with Gasteiger partial charge in [-0.05, 0) is 30.2 Å². The molecule has 0 saturated carbocycles. The molecule has 0 spiro atoms. The van der Waals surface area contributed by atoms with Gasteiger partial charge in [0.1, 0.15) is 0 Å². The number of aromatic amines is 1. The van der Waals surface area contributed by atoms with E-state index in [-0.39, 0.29) is 5.91 Å². The van der Waals surface area contributed by atoms with Crippen LogP contribution in [0.15, 0.2) is 63.9 Å². The van der Waals surface area contributed by atoms with Gasteiger partial charge in [0.25, 0.3) is 5.91 Å². The van der Waals surface area contributed by atoms with Gasteiger partial charge >= 0.3 is 0 Å². The predicted molar refractivity (Wildman–Crippen MR) is 109 cm³/mol. The number of nitrogens with zero attached hydrogens (tertiary/aromatic N) is 3. The Labute approximate surface area is 167 Å². The van der Waals surface area contributed by atoms with Gasteiger partial charge in [0.15, 0.2) is 11.5 Å². The summed E-state index contributed by atoms with van der Waals surface area (Å²) in [5, 5.41) is 5.21. The number of carbonyl (C=O) groups is 1. The van der Waals surface area contributed by atoms with Crippen LogP contribution in [0, 0.1) is 0 Å². The molecule has 1 N–H and O–H groups in total. The van der Waals surface area contributed by atoms with E-state index in [2.05, 4.69) is 39.4 Å². The number of fused-ring (bicyclic) bond motifs is 1. The fraction of sp³-hybridized carbons (Fsp3) is 0.273. The van der Waals surface area contributed by atoms with E-state index in [1.807, 2.05) is 11.0 Å². The lowest BCUT2D eigenvalue weighted by Crippen LogP contribution is -2.49. The molecule has 1 amide bonds. The molecule has 0 atom stereocenters. The van der Waals surface area contributed by atoms with Crippen LogP contribution in [0.2, 0.25) is 0 Å². The molecule has 0 aliphatic carbocycles. The summed E-state index contributed by atoms with van der Waals surface area (Å²) in [5.41, 5.74) is 2.84. The van der Waals surface area contributed by atoms with E-state index in [1.165, 1.54) is 16.5 Å². The van der Waals surface area contributed by atoms with Gasteiger partial charge in [0.05, 0.1) is 6.26 Å². The summed E-state index contributed by atoms with van der Waals surface area (Å²) in [6, 6.07) is 13.6. The lowest BCUT2D eigenvalue weighted by atomic mass is 10.1. The fourth-order valence-electron chi connectivity index (χ4n) is 3.86. The van der Waals surface area contributed by atoms with Crippen LogP contribution in [0.5, 0.6) is 0 Å². The Morgan fingerprint density at radius 3 is 2.76 bits per heavy atom. The summed E-state index contributed by atoms with van der Waals surface area (Å²) >= 11 is 0. The summed E-state index contributed by atoms with van der Waals surface area (Å²) in [7, 11) is 0. The van der Waals surface area contributed by atoms with Crippen molar-refractivity contribution in [2.24, 2.45) is 0 Å². The average Bonchev–Trinajstić information content (AvgIpc) is 3.52. The van der Waals surface area contributed by atoms with Crippen molar-refractivity contribution < 1.29 is 13.7 Å². The topological polar surface area (TPSA) is 78.5 Å². The van der Waals surface area contributed by atoms with Crippen LogP contribution >= 0.6 is 0 Å². The maximum atomic E-state index is 12.7. The molecule has 3 aromatic heterocycles. The molecule has 1 saturated heterocycles. The van der Waals surface area contributed by atoms with Crippen LogP contribution in [0.1, 0.15) is 16.1 Å². The third kappa shape index (κ3) is 3.56. The number of hydrogen-bond acceptors (Lipinski definition) is 5. The number of para-hydroxylation sites is 1. The van der Waals surface area contributed by atoms with E-state index in [1.54, 1.807) is 24.5 Å². The summed E-state index contributed by atoms with van der Waals surface area (Å²) < 4.78 is 10.5. The van der Waals surface area contributed by atoms with Crippen LogP contribution < -0.4 is 0 Å². The third-order valence-corrected chi connectivity index (χ3v) is 5.53. The predicted octanol–water partition coefficient (Wildman–Crippen LogP) is 3.42. The standard InChI is InChI=1S/C22H22N4O3/c27-22(19-14-21(29-24-19)20-6-3-13-28-20)26-11-9-25(10-12-26)8-7-16-15-23-18-5-2-1-4-17(16)18/h1-6,13-15,23H,7-12H2. The summed E-state index contributed by atoms with van der Waals surface area (Å²) in [4.78, 5) is 20.3. The molecule has 4 aromatic rings. The van der Waals surface area contributed by atoms with Crippen LogP contribution in [0.25, 0.3) is 22.4 Å². The maximum Gasteiger partial charge on any atom is 0.276 e. The van der Waals surface area contributed by atoms with Crippen molar-refractivity contribution >= 4 is 16.8 Å². The second-order valence-corrected chi connectivity index (χ2v) is 7.30. The minimum absolute atomic E-state index is 0.0946. The van der Waals surface area contributed by atoms with Gasteiger partial charge in [-0.15, -0.1) is 0 Å². The zero-order valence-corrected chi connectivity index (χ0v) is 16.0. The first-order valence-corrected chi connectivity index (χ1v) is 9.85. The van der Waals surface area contributed by atoms with Crippen molar-refractivity contribution in [3.63, 3.8) is 0 Å². The molecule has 29 heavy (non-hydrogen) atoms. The largest absolute Gasteiger partial charge is 0.461 e. The molecule has 0 unspecified atom stereocenters. The molecule has 1 aliphatic heterocycles. The van der Waals surface area contributed by atoms with Crippen LogP contribution in [0.4, 0.5) is 0 Å². The number of furan rings is 1. The molecule has 0 bridgehead atoms. The van der Waals surface area contributed by atoms with Crippen molar-refractivity contribution in [2.45, 2.75) is 6.42 Å². The van der Waals surface area contributed by atoms with E-state index in [9.17, 15) is 4.79 Å². The minimum atomic E-state index is -0.0946. The first-order chi connectivity index (χ1) is 14.3. The zero-order valence-electron chi connectivity index (χ0n) is 16.0. The molecular weight excluding hydrogens is 368 g/mol. The highest BCUT2D eigenvalue weighted by atomic mass is 16.5. The first kappa shape index (κ1) is 17.8. The number of hydrogen-bond donors (Lipinski definition) is 1. The summed E-state index contributed by atoms with van der Waals surface area (Å²) in [6.45, 7) is 4.08. The Kier molecular flexibility index (Phi) is 4.65. The Balaban J connectivity index is 1.16. The molecular formula is C22H22N4O3. The molecule has 7 heteroatoms. The highest BCUT2D eigenvalue weighted by Crippen LogP contribution is 2.22. The minimum Gasteiger partial charge on any atom is -0.461 e. The van der Waals surface area contributed by atoms with Crippen molar-refractivity contribution in [3.05, 3.63) is 66.2 Å². The molecule has 5 rings (SSSR count). The number of rotatable bonds is 5. The number of aromatic nitrogens is 2. The Morgan fingerprint density at radius 1 is 1.07 bits per heavy atom. The first-order valence-electron chi connectivity index (χ1n) is 9.85. The zero-order chi connectivity index (χ0) is 19.6. The van der Waals surface area contributed by atoms with Gasteiger partial charge in [0.2, 0.25) is 5.76 Å². The van der Waals surface area contributed by atoms with Gasteiger partial charge in [-0.25, -0.2) is 0 Å². The second-order valence-electron chi connectivity index (χ2n) is 7.30. The lowest BCUT2D eigenvalue weighted by molar-refractivity contribution is 0.0628. The normalized spacial score (nSPS) is 15.2. The average molecular weight is 390 g/mol. The molecule has 1 aliphatic rings. The van der Waals surface area contributed by atoms with E-state index in [4.69, 9.17) is 8.94 Å². The van der Waals surface area contributed by atoms with Gasteiger partial charge in [0, 0.05) is 55.9 Å². The van der Waals surface area contributed by atoms with Gasteiger partial charge in [-0.2, -0.15) is 0 Å². The van der Waals surface area contributed by atoms with Crippen molar-refractivity contribution in [3.8, 4) is 11.5 Å². The molecule has 7 nitrogen and oxygen atoms in total. The fourth-order valence-corrected chi connectivity index (χ4v) is 3.86. The molecule has 148 valence electrons. The van der Waals surface area contributed by atoms with Crippen molar-refractivity contribution in [1.82, 2.24) is 19.9 Å². The summed E-state index contributed by atoms with van der Waals surface area (Å²) in [6.07, 6.45) is 4.66. The third-order valence-electron chi connectivity index (χ3n) is 5.53. The lowest BCUT2D eigenvalue weighted by Gasteiger charge is -2.34. The van der Waals surface area contributed by atoms with E-state index in [0.717, 1.165) is 26.1 Å². The van der Waals surface area contributed by atoms with E-state index in [0.29, 0.717) is 30.3 Å². The van der Waals surface area contributed by atoms with Crippen molar-refractivity contribution in [1.29, 1.82) is 0 Å². The molecule has 1 aromatic carbocycles. The SMILES string of the molecule is O=C(c1cc(-c2ccco2)on1)N1CCN(CCc2c[nH]c3ccccc23)CC1. The quantitative estimate of drug-likeness (QED) is 0.565.